The Morgan fingerprint density at radius 1 is 1.19 bits per heavy atom. The molecular weight excluding hydrogens is 349 g/mol. The summed E-state index contributed by atoms with van der Waals surface area (Å²) >= 11 is 0. The SMILES string of the molecule is CC(C)(C)c1cc(NCCC(=O)O)nc(-c2ccc(C(F)(F)F)cn2)n1. The van der Waals surface area contributed by atoms with Crippen molar-refractivity contribution in [1.82, 2.24) is 15.0 Å². The van der Waals surface area contributed by atoms with E-state index in [0.717, 1.165) is 12.3 Å². The molecule has 0 saturated heterocycles. The number of anilines is 1. The molecule has 0 aliphatic rings. The lowest BCUT2D eigenvalue weighted by Crippen LogP contribution is -2.17. The first-order valence-corrected chi connectivity index (χ1v) is 7.85. The summed E-state index contributed by atoms with van der Waals surface area (Å²) in [6.07, 6.45) is -3.83. The number of carboxylic acids is 1. The first kappa shape index (κ1) is 19.6. The largest absolute Gasteiger partial charge is 0.481 e. The molecule has 2 rings (SSSR count). The number of carbonyl (C=O) groups is 1. The second kappa shape index (κ2) is 7.27. The maximum atomic E-state index is 12.7. The fourth-order valence-electron chi connectivity index (χ4n) is 2.03. The smallest absolute Gasteiger partial charge is 0.417 e. The quantitative estimate of drug-likeness (QED) is 0.836. The molecule has 2 heterocycles. The van der Waals surface area contributed by atoms with Crippen molar-refractivity contribution >= 4 is 11.8 Å². The van der Waals surface area contributed by atoms with E-state index in [1.54, 1.807) is 6.07 Å². The van der Waals surface area contributed by atoms with Gasteiger partial charge in [0.1, 0.15) is 11.5 Å². The summed E-state index contributed by atoms with van der Waals surface area (Å²) in [7, 11) is 0. The van der Waals surface area contributed by atoms with Gasteiger partial charge in [0.15, 0.2) is 5.82 Å². The average Bonchev–Trinajstić information content (AvgIpc) is 2.53. The number of rotatable bonds is 5. The van der Waals surface area contributed by atoms with Crippen LogP contribution in [0.15, 0.2) is 24.4 Å². The van der Waals surface area contributed by atoms with Gasteiger partial charge in [0.2, 0.25) is 0 Å². The monoisotopic (exact) mass is 368 g/mol. The molecule has 2 aromatic rings. The van der Waals surface area contributed by atoms with E-state index >= 15 is 0 Å². The number of hydrogen-bond acceptors (Lipinski definition) is 5. The number of nitrogens with one attached hydrogen (secondary N) is 1. The third-order valence-electron chi connectivity index (χ3n) is 3.46. The van der Waals surface area contributed by atoms with Crippen LogP contribution in [0, 0.1) is 0 Å². The predicted molar refractivity (Wildman–Crippen MR) is 89.7 cm³/mol. The molecule has 0 radical (unpaired) electrons. The molecule has 0 aliphatic heterocycles. The van der Waals surface area contributed by atoms with Crippen molar-refractivity contribution in [2.45, 2.75) is 38.8 Å². The molecule has 0 saturated carbocycles. The lowest BCUT2D eigenvalue weighted by molar-refractivity contribution is -0.138. The van der Waals surface area contributed by atoms with Crippen molar-refractivity contribution in [2.75, 3.05) is 11.9 Å². The van der Waals surface area contributed by atoms with Gasteiger partial charge < -0.3 is 10.4 Å². The zero-order valence-electron chi connectivity index (χ0n) is 14.6. The molecule has 0 unspecified atom stereocenters. The van der Waals surface area contributed by atoms with Gasteiger partial charge in [-0.25, -0.2) is 9.97 Å². The molecule has 2 N–H and O–H groups in total. The van der Waals surface area contributed by atoms with Crippen LogP contribution < -0.4 is 5.32 Å². The molecule has 0 fully saturated rings. The number of hydrogen-bond donors (Lipinski definition) is 2. The minimum Gasteiger partial charge on any atom is -0.481 e. The van der Waals surface area contributed by atoms with Gasteiger partial charge in [-0.3, -0.25) is 9.78 Å². The van der Waals surface area contributed by atoms with Crippen molar-refractivity contribution in [1.29, 1.82) is 0 Å². The van der Waals surface area contributed by atoms with E-state index in [9.17, 15) is 18.0 Å². The zero-order chi connectivity index (χ0) is 19.5. The molecule has 0 aromatic carbocycles. The Kier molecular flexibility index (Phi) is 5.48. The van der Waals surface area contributed by atoms with E-state index in [0.29, 0.717) is 11.5 Å². The van der Waals surface area contributed by atoms with Crippen LogP contribution in [-0.2, 0) is 16.4 Å². The summed E-state index contributed by atoms with van der Waals surface area (Å²) in [5.74, 6) is -0.390. The molecule has 0 spiro atoms. The fourth-order valence-corrected chi connectivity index (χ4v) is 2.03. The Balaban J connectivity index is 2.38. The number of aromatic nitrogens is 3. The van der Waals surface area contributed by atoms with Gasteiger partial charge in [-0.2, -0.15) is 13.2 Å². The number of alkyl halides is 3. The highest BCUT2D eigenvalue weighted by Gasteiger charge is 2.31. The Morgan fingerprint density at radius 2 is 1.88 bits per heavy atom. The van der Waals surface area contributed by atoms with Crippen LogP contribution in [0.2, 0.25) is 0 Å². The zero-order valence-corrected chi connectivity index (χ0v) is 14.6. The minimum atomic E-state index is -4.47. The molecule has 0 bridgehead atoms. The van der Waals surface area contributed by atoms with Crippen LogP contribution in [0.5, 0.6) is 0 Å². The van der Waals surface area contributed by atoms with Gasteiger partial charge in [-0.05, 0) is 12.1 Å². The van der Waals surface area contributed by atoms with Crippen molar-refractivity contribution < 1.29 is 23.1 Å². The van der Waals surface area contributed by atoms with E-state index in [2.05, 4.69) is 20.3 Å². The van der Waals surface area contributed by atoms with E-state index < -0.39 is 17.7 Å². The summed E-state index contributed by atoms with van der Waals surface area (Å²) in [5, 5.41) is 11.6. The van der Waals surface area contributed by atoms with Crippen LogP contribution >= 0.6 is 0 Å². The average molecular weight is 368 g/mol. The Bertz CT molecular complexity index is 784. The van der Waals surface area contributed by atoms with Gasteiger partial charge in [-0.15, -0.1) is 0 Å². The normalized spacial score (nSPS) is 12.1. The molecular formula is C17H19F3N4O2. The number of pyridine rings is 1. The maximum absolute atomic E-state index is 12.7. The molecule has 140 valence electrons. The van der Waals surface area contributed by atoms with E-state index in [-0.39, 0.29) is 29.9 Å². The van der Waals surface area contributed by atoms with Gasteiger partial charge in [0, 0.05) is 24.2 Å². The van der Waals surface area contributed by atoms with Gasteiger partial charge in [0.25, 0.3) is 0 Å². The van der Waals surface area contributed by atoms with Crippen LogP contribution in [0.3, 0.4) is 0 Å². The standard InChI is InChI=1S/C17H19F3N4O2/c1-16(2,3)12-8-13(21-7-6-14(25)26)24-15(23-12)11-5-4-10(9-22-11)17(18,19)20/h4-5,8-9H,6-7H2,1-3H3,(H,25,26)(H,21,23,24). The van der Waals surface area contributed by atoms with Gasteiger partial charge >= 0.3 is 12.1 Å². The van der Waals surface area contributed by atoms with Gasteiger partial charge in [0.05, 0.1) is 17.7 Å². The van der Waals surface area contributed by atoms with Crippen molar-refractivity contribution in [2.24, 2.45) is 0 Å². The number of nitrogens with zero attached hydrogens (tertiary/aromatic N) is 3. The van der Waals surface area contributed by atoms with Crippen LogP contribution in [0.4, 0.5) is 19.0 Å². The summed E-state index contributed by atoms with van der Waals surface area (Å²) in [4.78, 5) is 23.1. The first-order chi connectivity index (χ1) is 12.0. The summed E-state index contributed by atoms with van der Waals surface area (Å²) in [6.45, 7) is 5.96. The van der Waals surface area contributed by atoms with Gasteiger partial charge in [-0.1, -0.05) is 20.8 Å². The predicted octanol–water partition coefficient (Wildman–Crippen LogP) is 3.74. The topological polar surface area (TPSA) is 88.0 Å². The molecule has 26 heavy (non-hydrogen) atoms. The molecule has 0 atom stereocenters. The summed E-state index contributed by atoms with van der Waals surface area (Å²) in [5.41, 5.74) is -0.340. The number of halogens is 3. The Morgan fingerprint density at radius 3 is 2.38 bits per heavy atom. The Hall–Kier alpha value is -2.71. The summed E-state index contributed by atoms with van der Waals surface area (Å²) in [6, 6.07) is 3.83. The Labute approximate surface area is 148 Å². The highest BCUT2D eigenvalue weighted by molar-refractivity contribution is 5.67. The first-order valence-electron chi connectivity index (χ1n) is 7.85. The number of aliphatic carboxylic acids is 1. The maximum Gasteiger partial charge on any atom is 0.417 e. The molecule has 0 aliphatic carbocycles. The second-order valence-electron chi connectivity index (χ2n) is 6.71. The lowest BCUT2D eigenvalue weighted by Gasteiger charge is -2.19. The molecule has 0 amide bonds. The van der Waals surface area contributed by atoms with E-state index in [1.165, 1.54) is 6.07 Å². The fraction of sp³-hybridized carbons (Fsp3) is 0.412. The third-order valence-corrected chi connectivity index (χ3v) is 3.46. The lowest BCUT2D eigenvalue weighted by atomic mass is 9.92. The van der Waals surface area contributed by atoms with Crippen LogP contribution in [0.1, 0.15) is 38.4 Å². The van der Waals surface area contributed by atoms with Crippen molar-refractivity contribution in [3.63, 3.8) is 0 Å². The minimum absolute atomic E-state index is 0.0945. The van der Waals surface area contributed by atoms with Crippen molar-refractivity contribution in [3.8, 4) is 11.5 Å². The molecule has 6 nitrogen and oxygen atoms in total. The number of carboxylic acid groups (broad SMARTS) is 1. The summed E-state index contributed by atoms with van der Waals surface area (Å²) < 4.78 is 38.0. The third kappa shape index (κ3) is 5.14. The second-order valence-corrected chi connectivity index (χ2v) is 6.71. The highest BCUT2D eigenvalue weighted by Crippen LogP contribution is 2.30. The van der Waals surface area contributed by atoms with Crippen molar-refractivity contribution in [3.05, 3.63) is 35.7 Å². The van der Waals surface area contributed by atoms with Crippen LogP contribution in [0.25, 0.3) is 11.5 Å². The molecule has 9 heteroatoms. The molecule has 2 aromatic heterocycles. The highest BCUT2D eigenvalue weighted by atomic mass is 19.4. The van der Waals surface area contributed by atoms with E-state index in [4.69, 9.17) is 5.11 Å². The van der Waals surface area contributed by atoms with E-state index in [1.807, 2.05) is 20.8 Å². The van der Waals surface area contributed by atoms with Crippen LogP contribution in [-0.4, -0.2) is 32.6 Å².